The topological polar surface area (TPSA) is 68.3 Å². The van der Waals surface area contributed by atoms with E-state index in [0.717, 1.165) is 41.4 Å². The van der Waals surface area contributed by atoms with Gasteiger partial charge in [0.05, 0.1) is 18.2 Å². The number of benzene rings is 1. The van der Waals surface area contributed by atoms with Crippen molar-refractivity contribution in [1.82, 2.24) is 9.69 Å². The van der Waals surface area contributed by atoms with Crippen molar-refractivity contribution < 1.29 is 14.3 Å². The number of halogens is 1. The van der Waals surface area contributed by atoms with E-state index in [2.05, 4.69) is 25.6 Å². The molecule has 1 aliphatic carbocycles. The van der Waals surface area contributed by atoms with Crippen LogP contribution in [0, 0.1) is 11.8 Å². The third kappa shape index (κ3) is 5.39. The fraction of sp³-hybridized carbons (Fsp3) is 0.450. The van der Waals surface area contributed by atoms with E-state index >= 15 is 0 Å². The lowest BCUT2D eigenvalue weighted by atomic mass is 9.82. The van der Waals surface area contributed by atoms with Gasteiger partial charge in [0, 0.05) is 16.6 Å². The third-order valence-corrected chi connectivity index (χ3v) is 6.21. The molecule has 1 N–H and O–H groups in total. The normalized spacial score (nSPS) is 19.5. The van der Waals surface area contributed by atoms with Crippen LogP contribution < -0.4 is 5.32 Å². The Morgan fingerprint density at radius 2 is 1.93 bits per heavy atom. The van der Waals surface area contributed by atoms with Crippen LogP contribution in [-0.2, 0) is 9.53 Å². The molecular weight excluding hydrogens is 428 g/mol. The van der Waals surface area contributed by atoms with E-state index in [1.54, 1.807) is 0 Å². The Bertz CT molecular complexity index is 783. The largest absolute Gasteiger partial charge is 0.466 e. The molecule has 1 aromatic carbocycles. The minimum absolute atomic E-state index is 0.0202. The van der Waals surface area contributed by atoms with Gasteiger partial charge in [-0.1, -0.05) is 28.1 Å². The number of ether oxygens (including phenoxy) is 1. The van der Waals surface area contributed by atoms with Crippen molar-refractivity contribution >= 4 is 39.3 Å². The van der Waals surface area contributed by atoms with Gasteiger partial charge in [0.2, 0.25) is 0 Å². The van der Waals surface area contributed by atoms with Crippen molar-refractivity contribution in [1.29, 1.82) is 0 Å². The number of hydrogen-bond donors (Lipinski definition) is 1. The summed E-state index contributed by atoms with van der Waals surface area (Å²) >= 11 is 4.63. The maximum absolute atomic E-state index is 12.4. The lowest BCUT2D eigenvalue weighted by molar-refractivity contribution is -0.149. The Morgan fingerprint density at radius 3 is 2.59 bits per heavy atom. The number of esters is 1. The Hall–Kier alpha value is -1.73. The first kappa shape index (κ1) is 20.0. The minimum Gasteiger partial charge on any atom is -0.466 e. The highest BCUT2D eigenvalue weighted by molar-refractivity contribution is 9.10. The summed E-state index contributed by atoms with van der Waals surface area (Å²) in [5.41, 5.74) is 1.80. The monoisotopic (exact) mass is 450 g/mol. The standard InChI is InChI=1S/C20H23BrN2O3S/c1-2-26-20(25)15-5-3-13(4-6-15)12-22-19(24)18-11-17(23-27-18)14-7-9-16(21)10-8-14/h7-11,13,15H,2-6,12H2,1H3,(H,22,24). The Labute approximate surface area is 171 Å². The van der Waals surface area contributed by atoms with E-state index in [9.17, 15) is 9.59 Å². The number of nitrogens with zero attached hydrogens (tertiary/aromatic N) is 1. The number of hydrogen-bond acceptors (Lipinski definition) is 5. The molecule has 1 aliphatic rings. The highest BCUT2D eigenvalue weighted by Gasteiger charge is 2.27. The molecule has 1 aromatic heterocycles. The maximum Gasteiger partial charge on any atom is 0.308 e. The Kier molecular flexibility index (Phi) is 7.01. The molecule has 5 nitrogen and oxygen atoms in total. The van der Waals surface area contributed by atoms with Crippen LogP contribution >= 0.6 is 27.5 Å². The molecule has 1 heterocycles. The van der Waals surface area contributed by atoms with E-state index in [-0.39, 0.29) is 17.8 Å². The quantitative estimate of drug-likeness (QED) is 0.648. The van der Waals surface area contributed by atoms with E-state index in [0.29, 0.717) is 23.9 Å². The molecule has 0 bridgehead atoms. The van der Waals surface area contributed by atoms with Gasteiger partial charge in [0.25, 0.3) is 5.91 Å². The van der Waals surface area contributed by atoms with Crippen LogP contribution in [0.4, 0.5) is 0 Å². The number of rotatable bonds is 6. The van der Waals surface area contributed by atoms with Crippen LogP contribution in [0.5, 0.6) is 0 Å². The summed E-state index contributed by atoms with van der Waals surface area (Å²) in [5, 5.41) is 3.02. The summed E-state index contributed by atoms with van der Waals surface area (Å²) < 4.78 is 10.5. The lowest BCUT2D eigenvalue weighted by Gasteiger charge is -2.27. The van der Waals surface area contributed by atoms with Crippen molar-refractivity contribution in [2.24, 2.45) is 11.8 Å². The molecule has 3 rings (SSSR count). The molecule has 0 spiro atoms. The first-order chi connectivity index (χ1) is 13.1. The fourth-order valence-corrected chi connectivity index (χ4v) is 4.26. The SMILES string of the molecule is CCOC(=O)C1CCC(CNC(=O)c2cc(-c3ccc(Br)cc3)ns2)CC1. The molecule has 0 saturated heterocycles. The molecule has 0 unspecified atom stereocenters. The summed E-state index contributed by atoms with van der Waals surface area (Å²) in [4.78, 5) is 24.8. The van der Waals surface area contributed by atoms with Gasteiger partial charge in [-0.05, 0) is 68.3 Å². The molecule has 1 fully saturated rings. The van der Waals surface area contributed by atoms with Crippen molar-refractivity contribution in [2.75, 3.05) is 13.2 Å². The first-order valence-electron chi connectivity index (χ1n) is 9.24. The van der Waals surface area contributed by atoms with Gasteiger partial charge in [-0.3, -0.25) is 9.59 Å². The van der Waals surface area contributed by atoms with Gasteiger partial charge >= 0.3 is 5.97 Å². The number of aromatic nitrogens is 1. The predicted molar refractivity (Wildman–Crippen MR) is 110 cm³/mol. The van der Waals surface area contributed by atoms with Crippen LogP contribution in [0.15, 0.2) is 34.8 Å². The van der Waals surface area contributed by atoms with E-state index in [1.165, 1.54) is 11.5 Å². The smallest absolute Gasteiger partial charge is 0.308 e. The molecular formula is C20H23BrN2O3S. The molecule has 144 valence electrons. The summed E-state index contributed by atoms with van der Waals surface area (Å²) in [6.07, 6.45) is 3.56. The Balaban J connectivity index is 1.48. The van der Waals surface area contributed by atoms with Gasteiger partial charge in [-0.2, -0.15) is 4.37 Å². The number of carbonyl (C=O) groups is 2. The van der Waals surface area contributed by atoms with Gasteiger partial charge in [0.1, 0.15) is 4.88 Å². The van der Waals surface area contributed by atoms with E-state index in [4.69, 9.17) is 4.74 Å². The van der Waals surface area contributed by atoms with Gasteiger partial charge in [-0.15, -0.1) is 0 Å². The molecule has 7 heteroatoms. The summed E-state index contributed by atoms with van der Waals surface area (Å²) in [6.45, 7) is 2.91. The predicted octanol–water partition coefficient (Wildman–Crippen LogP) is 4.67. The second kappa shape index (κ2) is 9.46. The third-order valence-electron chi connectivity index (χ3n) is 4.89. The molecule has 2 aromatic rings. The molecule has 1 saturated carbocycles. The highest BCUT2D eigenvalue weighted by Crippen LogP contribution is 2.29. The maximum atomic E-state index is 12.4. The van der Waals surface area contributed by atoms with E-state index < -0.39 is 0 Å². The van der Waals surface area contributed by atoms with Crippen LogP contribution in [-0.4, -0.2) is 29.4 Å². The average molecular weight is 451 g/mol. The number of amides is 1. The summed E-state index contributed by atoms with van der Waals surface area (Å²) in [5.74, 6) is 0.277. The zero-order chi connectivity index (χ0) is 19.2. The van der Waals surface area contributed by atoms with Crippen molar-refractivity contribution in [3.63, 3.8) is 0 Å². The molecule has 0 atom stereocenters. The second-order valence-corrected chi connectivity index (χ2v) is 8.48. The van der Waals surface area contributed by atoms with Gasteiger partial charge < -0.3 is 10.1 Å². The fourth-order valence-electron chi connectivity index (χ4n) is 3.33. The summed E-state index contributed by atoms with van der Waals surface area (Å²) in [6, 6.07) is 9.70. The lowest BCUT2D eigenvalue weighted by Crippen LogP contribution is -2.32. The number of carbonyl (C=O) groups excluding carboxylic acids is 2. The van der Waals surface area contributed by atoms with Crippen LogP contribution in [0.2, 0.25) is 0 Å². The molecule has 27 heavy (non-hydrogen) atoms. The van der Waals surface area contributed by atoms with Crippen molar-refractivity contribution in [3.05, 3.63) is 39.7 Å². The average Bonchev–Trinajstić information content (AvgIpc) is 3.17. The molecule has 1 amide bonds. The minimum atomic E-state index is -0.0802. The molecule has 0 radical (unpaired) electrons. The van der Waals surface area contributed by atoms with Crippen LogP contribution in [0.1, 0.15) is 42.3 Å². The zero-order valence-corrected chi connectivity index (χ0v) is 17.6. The molecule has 0 aliphatic heterocycles. The van der Waals surface area contributed by atoms with Gasteiger partial charge in [0.15, 0.2) is 0 Å². The van der Waals surface area contributed by atoms with E-state index in [1.807, 2.05) is 37.3 Å². The van der Waals surface area contributed by atoms with Crippen LogP contribution in [0.3, 0.4) is 0 Å². The second-order valence-electron chi connectivity index (χ2n) is 6.76. The first-order valence-corrected chi connectivity index (χ1v) is 10.8. The Morgan fingerprint density at radius 1 is 1.22 bits per heavy atom. The van der Waals surface area contributed by atoms with Crippen LogP contribution in [0.25, 0.3) is 11.3 Å². The summed E-state index contributed by atoms with van der Waals surface area (Å²) in [7, 11) is 0. The van der Waals surface area contributed by atoms with Crippen molar-refractivity contribution in [3.8, 4) is 11.3 Å². The zero-order valence-electron chi connectivity index (χ0n) is 15.2. The van der Waals surface area contributed by atoms with Gasteiger partial charge in [-0.25, -0.2) is 0 Å². The number of nitrogens with one attached hydrogen (secondary N) is 1. The van der Waals surface area contributed by atoms with Crippen molar-refractivity contribution in [2.45, 2.75) is 32.6 Å². The highest BCUT2D eigenvalue weighted by atomic mass is 79.9.